The quantitative estimate of drug-likeness (QED) is 0.763. The van der Waals surface area contributed by atoms with Gasteiger partial charge in [-0.15, -0.1) is 0 Å². The Labute approximate surface area is 150 Å². The smallest absolute Gasteiger partial charge is 0.328 e. The van der Waals surface area contributed by atoms with Gasteiger partial charge in [0.05, 0.1) is 12.0 Å². The maximum absolute atomic E-state index is 12.9. The fraction of sp³-hybridized carbons (Fsp3) is 0.250. The van der Waals surface area contributed by atoms with Gasteiger partial charge in [-0.2, -0.15) is 0 Å². The first kappa shape index (κ1) is 16.3. The molecule has 132 valence electrons. The number of carboxylic acid groups (broad SMARTS) is 1. The van der Waals surface area contributed by atoms with Gasteiger partial charge >= 0.3 is 6.03 Å². The summed E-state index contributed by atoms with van der Waals surface area (Å²) in [6.45, 7) is 0.313. The fourth-order valence-corrected chi connectivity index (χ4v) is 3.74. The zero-order valence-corrected chi connectivity index (χ0v) is 14.0. The minimum atomic E-state index is -1.42. The van der Waals surface area contributed by atoms with Crippen LogP contribution in [0.5, 0.6) is 0 Å². The lowest BCUT2D eigenvalue weighted by Gasteiger charge is -2.29. The molecule has 26 heavy (non-hydrogen) atoms. The molecule has 0 aliphatic carbocycles. The van der Waals surface area contributed by atoms with E-state index >= 15 is 0 Å². The van der Waals surface area contributed by atoms with Crippen molar-refractivity contribution in [1.82, 2.24) is 9.80 Å². The molecule has 2 aliphatic heterocycles. The molecule has 0 unspecified atom stereocenters. The third-order valence-corrected chi connectivity index (χ3v) is 5.08. The molecule has 2 aliphatic rings. The van der Waals surface area contributed by atoms with Crippen LogP contribution >= 0.6 is 0 Å². The molecule has 2 atom stereocenters. The predicted octanol–water partition coefficient (Wildman–Crippen LogP) is 0.737. The average Bonchev–Trinajstić information content (AvgIpc) is 2.89. The van der Waals surface area contributed by atoms with Crippen molar-refractivity contribution >= 4 is 17.9 Å². The number of carbonyl (C=O) groups excluding carboxylic acids is 3. The van der Waals surface area contributed by atoms with Crippen LogP contribution in [0.2, 0.25) is 0 Å². The van der Waals surface area contributed by atoms with E-state index in [9.17, 15) is 19.5 Å². The summed E-state index contributed by atoms with van der Waals surface area (Å²) in [5, 5.41) is 11.7. The summed E-state index contributed by atoms with van der Waals surface area (Å²) >= 11 is 0. The zero-order valence-electron chi connectivity index (χ0n) is 14.0. The maximum atomic E-state index is 12.9. The van der Waals surface area contributed by atoms with Crippen LogP contribution in [0.15, 0.2) is 54.6 Å². The summed E-state index contributed by atoms with van der Waals surface area (Å²) in [7, 11) is 0. The molecule has 0 N–H and O–H groups in total. The molecule has 0 spiro atoms. The SMILES string of the molecule is O=C([O-])[C@H](Cc1ccccc1)N1C(=O)[C@@H]2Cc3ccccc3CN2C1=O. The molecular weight excluding hydrogens is 332 g/mol. The van der Waals surface area contributed by atoms with E-state index in [0.29, 0.717) is 13.0 Å². The molecule has 1 saturated heterocycles. The van der Waals surface area contributed by atoms with Gasteiger partial charge in [0, 0.05) is 13.0 Å². The van der Waals surface area contributed by atoms with E-state index < -0.39 is 30.0 Å². The molecule has 0 radical (unpaired) electrons. The normalized spacial score (nSPS) is 19.9. The lowest BCUT2D eigenvalue weighted by molar-refractivity contribution is -0.310. The number of hydrogen-bond donors (Lipinski definition) is 0. The van der Waals surface area contributed by atoms with E-state index in [2.05, 4.69) is 0 Å². The first-order valence-corrected chi connectivity index (χ1v) is 8.51. The zero-order chi connectivity index (χ0) is 18.3. The summed E-state index contributed by atoms with van der Waals surface area (Å²) in [4.78, 5) is 39.8. The van der Waals surface area contributed by atoms with E-state index in [1.54, 1.807) is 24.3 Å². The topological polar surface area (TPSA) is 80.8 Å². The van der Waals surface area contributed by atoms with Crippen LogP contribution in [0.4, 0.5) is 4.79 Å². The van der Waals surface area contributed by atoms with Crippen LogP contribution < -0.4 is 5.11 Å². The largest absolute Gasteiger partial charge is 0.548 e. The van der Waals surface area contributed by atoms with Gasteiger partial charge in [-0.05, 0) is 23.1 Å². The van der Waals surface area contributed by atoms with Gasteiger partial charge in [-0.1, -0.05) is 54.6 Å². The van der Waals surface area contributed by atoms with Crippen molar-refractivity contribution in [3.05, 3.63) is 71.3 Å². The Kier molecular flexibility index (Phi) is 3.95. The Morgan fingerprint density at radius 1 is 1.04 bits per heavy atom. The standard InChI is InChI=1S/C20H18N2O4/c23-18-16-11-14-8-4-5-9-15(14)12-21(16)20(26)22(18)17(19(24)25)10-13-6-2-1-3-7-13/h1-9,16-17H,10-12H2,(H,24,25)/p-1/t16-,17-/m0/s1. The van der Waals surface area contributed by atoms with Crippen molar-refractivity contribution in [2.75, 3.05) is 0 Å². The van der Waals surface area contributed by atoms with Gasteiger partial charge in [-0.25, -0.2) is 4.79 Å². The summed E-state index contributed by atoms with van der Waals surface area (Å²) < 4.78 is 0. The van der Waals surface area contributed by atoms with Crippen molar-refractivity contribution in [3.63, 3.8) is 0 Å². The van der Waals surface area contributed by atoms with Crippen molar-refractivity contribution in [2.45, 2.75) is 31.5 Å². The van der Waals surface area contributed by atoms with Crippen LogP contribution in [-0.4, -0.2) is 39.8 Å². The van der Waals surface area contributed by atoms with Crippen molar-refractivity contribution < 1.29 is 19.5 Å². The Morgan fingerprint density at radius 3 is 2.38 bits per heavy atom. The minimum Gasteiger partial charge on any atom is -0.548 e. The molecule has 0 aromatic heterocycles. The summed E-state index contributed by atoms with van der Waals surface area (Å²) in [5.41, 5.74) is 2.74. The number of nitrogens with zero attached hydrogens (tertiary/aromatic N) is 2. The molecule has 2 aromatic carbocycles. The second-order valence-corrected chi connectivity index (χ2v) is 6.63. The number of hydrogen-bond acceptors (Lipinski definition) is 4. The number of imide groups is 1. The first-order chi connectivity index (χ1) is 12.6. The monoisotopic (exact) mass is 349 g/mol. The Bertz CT molecular complexity index is 837. The van der Waals surface area contributed by atoms with Gasteiger partial charge < -0.3 is 14.8 Å². The molecule has 1 fully saturated rings. The minimum absolute atomic E-state index is 0.0359. The molecule has 0 bridgehead atoms. The third-order valence-electron chi connectivity index (χ3n) is 5.08. The van der Waals surface area contributed by atoms with Gasteiger partial charge in [-0.3, -0.25) is 9.69 Å². The average molecular weight is 349 g/mol. The molecule has 3 amide bonds. The van der Waals surface area contributed by atoms with Gasteiger partial charge in [0.15, 0.2) is 0 Å². The lowest BCUT2D eigenvalue weighted by Crippen LogP contribution is -2.52. The van der Waals surface area contributed by atoms with E-state index in [1.807, 2.05) is 30.3 Å². The summed E-state index contributed by atoms with van der Waals surface area (Å²) in [5.74, 6) is -1.89. The van der Waals surface area contributed by atoms with Gasteiger partial charge in [0.1, 0.15) is 6.04 Å². The van der Waals surface area contributed by atoms with E-state index in [0.717, 1.165) is 21.6 Å². The van der Waals surface area contributed by atoms with Crippen molar-refractivity contribution in [2.24, 2.45) is 0 Å². The van der Waals surface area contributed by atoms with Crippen molar-refractivity contribution in [1.29, 1.82) is 0 Å². The van der Waals surface area contributed by atoms with Crippen molar-refractivity contribution in [3.8, 4) is 0 Å². The van der Waals surface area contributed by atoms with Gasteiger partial charge in [0.25, 0.3) is 5.91 Å². The number of aliphatic carboxylic acids is 1. The fourth-order valence-electron chi connectivity index (χ4n) is 3.74. The first-order valence-electron chi connectivity index (χ1n) is 8.51. The van der Waals surface area contributed by atoms with Crippen LogP contribution in [0.25, 0.3) is 0 Å². The Hall–Kier alpha value is -3.15. The number of amides is 3. The van der Waals surface area contributed by atoms with Crippen LogP contribution in [-0.2, 0) is 29.0 Å². The highest BCUT2D eigenvalue weighted by Crippen LogP contribution is 2.31. The molecule has 6 heteroatoms. The number of urea groups is 1. The van der Waals surface area contributed by atoms with Gasteiger partial charge in [0.2, 0.25) is 0 Å². The summed E-state index contributed by atoms with van der Waals surface area (Å²) in [6, 6.07) is 14.1. The van der Waals surface area contributed by atoms with E-state index in [1.165, 1.54) is 4.90 Å². The summed E-state index contributed by atoms with van der Waals surface area (Å²) in [6.07, 6.45) is 0.441. The highest BCUT2D eigenvalue weighted by atomic mass is 16.4. The van der Waals surface area contributed by atoms with E-state index in [-0.39, 0.29) is 6.42 Å². The molecule has 2 heterocycles. The van der Waals surface area contributed by atoms with Crippen LogP contribution in [0.3, 0.4) is 0 Å². The maximum Gasteiger partial charge on any atom is 0.328 e. The Morgan fingerprint density at radius 2 is 1.69 bits per heavy atom. The molecule has 0 saturated carbocycles. The Balaban J connectivity index is 1.64. The van der Waals surface area contributed by atoms with E-state index in [4.69, 9.17) is 0 Å². The molecule has 6 nitrogen and oxygen atoms in total. The van der Waals surface area contributed by atoms with Crippen LogP contribution in [0.1, 0.15) is 16.7 Å². The second kappa shape index (κ2) is 6.29. The predicted molar refractivity (Wildman–Crippen MR) is 90.7 cm³/mol. The number of fused-ring (bicyclic) bond motifs is 2. The molecule has 4 rings (SSSR count). The highest BCUT2D eigenvalue weighted by molar-refractivity contribution is 6.07. The number of benzene rings is 2. The molecular formula is C20H17N2O4-. The number of carboxylic acids is 1. The highest BCUT2D eigenvalue weighted by Gasteiger charge is 2.49. The molecule has 2 aromatic rings. The van der Waals surface area contributed by atoms with Crippen LogP contribution in [0, 0.1) is 0 Å². The lowest BCUT2D eigenvalue weighted by atomic mass is 9.94. The third kappa shape index (κ3) is 2.63. The number of carbonyl (C=O) groups is 3. The number of rotatable bonds is 4. The second-order valence-electron chi connectivity index (χ2n) is 6.63.